The topological polar surface area (TPSA) is 94.8 Å². The molecule has 6 heteroatoms. The molecular weight excluding hydrogens is 274 g/mol. The van der Waals surface area contributed by atoms with Gasteiger partial charge in [-0.15, -0.1) is 0 Å². The van der Waals surface area contributed by atoms with E-state index in [1.165, 1.54) is 13.8 Å². The van der Waals surface area contributed by atoms with Crippen LogP contribution in [0.3, 0.4) is 0 Å². The first-order valence-electron chi connectivity index (χ1n) is 7.41. The number of allylic oxidation sites excluding steroid dienone is 1. The molecule has 0 aromatic heterocycles. The van der Waals surface area contributed by atoms with Gasteiger partial charge < -0.3 is 15.3 Å². The molecule has 122 valence electrons. The average Bonchev–Trinajstić information content (AvgIpc) is 2.45. The lowest BCUT2D eigenvalue weighted by Crippen LogP contribution is -2.65. The summed E-state index contributed by atoms with van der Waals surface area (Å²) in [6, 6.07) is -1.96. The predicted molar refractivity (Wildman–Crippen MR) is 79.7 cm³/mol. The molecule has 0 aliphatic heterocycles. The minimum atomic E-state index is -1.10. The van der Waals surface area contributed by atoms with Crippen molar-refractivity contribution >= 4 is 11.9 Å². The van der Waals surface area contributed by atoms with Crippen molar-refractivity contribution in [1.29, 1.82) is 0 Å². The minimum Gasteiger partial charge on any atom is -0.477 e. The zero-order valence-electron chi connectivity index (χ0n) is 13.2. The maximum absolute atomic E-state index is 11.3. The third kappa shape index (κ3) is 5.47. The summed E-state index contributed by atoms with van der Waals surface area (Å²) in [6.45, 7) is 4.76. The van der Waals surface area contributed by atoms with E-state index >= 15 is 0 Å². The zero-order chi connectivity index (χ0) is 16.5. The van der Waals surface area contributed by atoms with E-state index in [-0.39, 0.29) is 11.0 Å². The van der Waals surface area contributed by atoms with Crippen LogP contribution in [0.2, 0.25) is 0 Å². The van der Waals surface area contributed by atoms with E-state index in [9.17, 15) is 24.9 Å². The van der Waals surface area contributed by atoms with Crippen LogP contribution in [0.5, 0.6) is 0 Å². The number of aliphatic hydroxyl groups excluding tert-OH is 1. The molecule has 0 rings (SSSR count). The molecule has 0 saturated heterocycles. The zero-order valence-corrected chi connectivity index (χ0v) is 13.2. The summed E-state index contributed by atoms with van der Waals surface area (Å²) in [7, 11) is 0. The van der Waals surface area contributed by atoms with Crippen molar-refractivity contribution in [2.75, 3.05) is 13.3 Å². The first-order valence-corrected chi connectivity index (χ1v) is 7.41. The lowest BCUT2D eigenvalue weighted by molar-refractivity contribution is -0.970. The number of carbonyl (C=O) groups is 2. The number of rotatable bonds is 11. The predicted octanol–water partition coefficient (Wildman–Crippen LogP) is 1.84. The number of quaternary nitrogens is 1. The summed E-state index contributed by atoms with van der Waals surface area (Å²) in [5.41, 5.74) is 0. The van der Waals surface area contributed by atoms with Crippen molar-refractivity contribution in [3.05, 3.63) is 12.2 Å². The molecular formula is C15H28NO5+. The molecule has 0 heterocycles. The van der Waals surface area contributed by atoms with E-state index < -0.39 is 30.8 Å². The molecule has 0 bridgehead atoms. The monoisotopic (exact) mass is 302 g/mol. The van der Waals surface area contributed by atoms with Crippen molar-refractivity contribution in [1.82, 2.24) is 0 Å². The summed E-state index contributed by atoms with van der Waals surface area (Å²) in [6.07, 6.45) is 7.65. The van der Waals surface area contributed by atoms with E-state index in [0.717, 1.165) is 19.3 Å². The second-order valence-corrected chi connectivity index (χ2v) is 5.40. The van der Waals surface area contributed by atoms with Gasteiger partial charge >= 0.3 is 11.9 Å². The number of nitrogens with zero attached hydrogens (tertiary/aromatic N) is 1. The van der Waals surface area contributed by atoms with Gasteiger partial charge in [0.2, 0.25) is 0 Å². The Kier molecular flexibility index (Phi) is 8.89. The summed E-state index contributed by atoms with van der Waals surface area (Å²) in [5, 5.41) is 28.1. The Morgan fingerprint density at radius 1 is 1.05 bits per heavy atom. The van der Waals surface area contributed by atoms with Gasteiger partial charge in [0.1, 0.15) is 0 Å². The highest BCUT2D eigenvalue weighted by atomic mass is 16.4. The second kappa shape index (κ2) is 9.52. The second-order valence-electron chi connectivity index (χ2n) is 5.40. The molecule has 0 spiro atoms. The lowest BCUT2D eigenvalue weighted by atomic mass is 10.1. The molecule has 0 aliphatic carbocycles. The summed E-state index contributed by atoms with van der Waals surface area (Å²) >= 11 is 0. The third-order valence-electron chi connectivity index (χ3n) is 4.12. The highest BCUT2D eigenvalue weighted by Crippen LogP contribution is 2.21. The number of carboxylic acid groups (broad SMARTS) is 2. The minimum absolute atomic E-state index is 0.278. The normalized spacial score (nSPS) is 17.3. The maximum atomic E-state index is 11.3. The SMILES string of the molecule is CCCC/C=C/CC[N+](CO)(C(C)C(=O)O)C(C)C(=O)O. The van der Waals surface area contributed by atoms with Crippen LogP contribution in [0.15, 0.2) is 12.2 Å². The summed E-state index contributed by atoms with van der Waals surface area (Å²) in [5.74, 6) is -2.21. The van der Waals surface area contributed by atoms with Gasteiger partial charge in [-0.25, -0.2) is 9.59 Å². The summed E-state index contributed by atoms with van der Waals surface area (Å²) < 4.78 is -0.372. The Bertz CT molecular complexity index is 347. The first kappa shape index (κ1) is 19.6. The van der Waals surface area contributed by atoms with Crippen LogP contribution in [-0.2, 0) is 9.59 Å². The molecule has 0 aliphatic rings. The van der Waals surface area contributed by atoms with Gasteiger partial charge in [0.05, 0.1) is 6.54 Å². The molecule has 0 amide bonds. The van der Waals surface area contributed by atoms with E-state index in [2.05, 4.69) is 6.92 Å². The third-order valence-corrected chi connectivity index (χ3v) is 4.12. The molecule has 0 fully saturated rings. The lowest BCUT2D eigenvalue weighted by Gasteiger charge is -2.42. The molecule has 0 aromatic carbocycles. The van der Waals surface area contributed by atoms with Crippen LogP contribution in [0, 0.1) is 0 Å². The fourth-order valence-electron chi connectivity index (χ4n) is 2.35. The van der Waals surface area contributed by atoms with Crippen LogP contribution in [0.25, 0.3) is 0 Å². The van der Waals surface area contributed by atoms with Crippen molar-refractivity contribution in [3.63, 3.8) is 0 Å². The number of carboxylic acids is 2. The smallest absolute Gasteiger partial charge is 0.362 e. The number of hydrogen-bond donors (Lipinski definition) is 3. The molecule has 2 atom stereocenters. The molecule has 0 saturated carbocycles. The Morgan fingerprint density at radius 3 is 1.90 bits per heavy atom. The van der Waals surface area contributed by atoms with Gasteiger partial charge in [-0.2, -0.15) is 0 Å². The first-order chi connectivity index (χ1) is 9.83. The highest BCUT2D eigenvalue weighted by molar-refractivity contribution is 5.74. The fourth-order valence-corrected chi connectivity index (χ4v) is 2.35. The summed E-state index contributed by atoms with van der Waals surface area (Å²) in [4.78, 5) is 22.5. The van der Waals surface area contributed by atoms with Crippen LogP contribution >= 0.6 is 0 Å². The van der Waals surface area contributed by atoms with Gasteiger partial charge in [-0.3, -0.25) is 4.48 Å². The van der Waals surface area contributed by atoms with E-state index in [4.69, 9.17) is 0 Å². The Balaban J connectivity index is 4.99. The Labute approximate surface area is 126 Å². The maximum Gasteiger partial charge on any atom is 0.362 e. The van der Waals surface area contributed by atoms with Crippen molar-refractivity contribution in [2.45, 2.75) is 58.5 Å². The van der Waals surface area contributed by atoms with Crippen LogP contribution in [-0.4, -0.2) is 57.1 Å². The molecule has 2 unspecified atom stereocenters. The van der Waals surface area contributed by atoms with Crippen molar-refractivity contribution in [3.8, 4) is 0 Å². The van der Waals surface area contributed by atoms with Gasteiger partial charge in [0.25, 0.3) is 0 Å². The Morgan fingerprint density at radius 2 is 1.52 bits per heavy atom. The van der Waals surface area contributed by atoms with E-state index in [1.54, 1.807) is 0 Å². The molecule has 0 radical (unpaired) electrons. The van der Waals surface area contributed by atoms with Crippen LogP contribution < -0.4 is 0 Å². The van der Waals surface area contributed by atoms with Crippen LogP contribution in [0.4, 0.5) is 0 Å². The molecule has 3 N–H and O–H groups in total. The highest BCUT2D eigenvalue weighted by Gasteiger charge is 2.45. The number of unbranched alkanes of at least 4 members (excludes halogenated alkanes) is 2. The number of aliphatic hydroxyl groups is 1. The largest absolute Gasteiger partial charge is 0.477 e. The quantitative estimate of drug-likeness (QED) is 0.234. The van der Waals surface area contributed by atoms with E-state index in [1.807, 2.05) is 12.2 Å². The fraction of sp³-hybridized carbons (Fsp3) is 0.733. The molecule has 21 heavy (non-hydrogen) atoms. The molecule has 0 aromatic rings. The van der Waals surface area contributed by atoms with Crippen molar-refractivity contribution < 1.29 is 29.4 Å². The van der Waals surface area contributed by atoms with Crippen molar-refractivity contribution in [2.24, 2.45) is 0 Å². The number of aliphatic carboxylic acids is 2. The number of hydrogen-bond acceptors (Lipinski definition) is 3. The van der Waals surface area contributed by atoms with Gasteiger partial charge in [-0.1, -0.05) is 31.9 Å². The van der Waals surface area contributed by atoms with Gasteiger partial charge in [0.15, 0.2) is 18.8 Å². The molecule has 6 nitrogen and oxygen atoms in total. The average molecular weight is 302 g/mol. The Hall–Kier alpha value is -1.40. The standard InChI is InChI=1S/C15H27NO5/c1-4-5-6-7-8-9-10-16(11-17,12(2)14(18)19)13(3)15(20)21/h7-8,12-13,17H,4-6,9-11H2,1-3H3,(H-,18,19,20,21)/p+1/b8-7+. The van der Waals surface area contributed by atoms with Gasteiger partial charge in [-0.05, 0) is 20.3 Å². The van der Waals surface area contributed by atoms with Crippen LogP contribution in [0.1, 0.15) is 46.5 Å². The van der Waals surface area contributed by atoms with E-state index in [0.29, 0.717) is 6.42 Å². The van der Waals surface area contributed by atoms with Gasteiger partial charge in [0, 0.05) is 6.42 Å².